The van der Waals surface area contributed by atoms with Crippen molar-refractivity contribution < 1.29 is 9.59 Å². The van der Waals surface area contributed by atoms with Crippen LogP contribution in [-0.4, -0.2) is 36.4 Å². The molecule has 1 aromatic rings. The van der Waals surface area contributed by atoms with E-state index in [0.29, 0.717) is 23.3 Å². The first-order valence-electron chi connectivity index (χ1n) is 7.77. The fraction of sp³-hybridized carbons (Fsp3) is 0.667. The minimum absolute atomic E-state index is 0.0161. The van der Waals surface area contributed by atoms with Crippen LogP contribution in [0.3, 0.4) is 0 Å². The highest BCUT2D eigenvalue weighted by atomic mass is 32.1. The third-order valence-electron chi connectivity index (χ3n) is 3.63. The number of hydrogen-bond donors (Lipinski definition) is 3. The largest absolute Gasteiger partial charge is 0.355 e. The number of amides is 2. The molecule has 1 unspecified atom stereocenters. The smallest absolute Gasteiger partial charge is 0.228 e. The second-order valence-electron chi connectivity index (χ2n) is 5.98. The van der Waals surface area contributed by atoms with Crippen LogP contribution in [0, 0.1) is 11.8 Å². The summed E-state index contributed by atoms with van der Waals surface area (Å²) in [5.74, 6) is 0.363. The Labute approximate surface area is 135 Å². The third-order valence-corrected chi connectivity index (χ3v) is 4.44. The average molecular weight is 324 g/mol. The molecule has 1 atom stereocenters. The number of thiazole rings is 1. The molecule has 0 radical (unpaired) electrons. The zero-order valence-electron chi connectivity index (χ0n) is 13.1. The van der Waals surface area contributed by atoms with Crippen molar-refractivity contribution in [1.82, 2.24) is 15.6 Å². The van der Waals surface area contributed by atoms with E-state index in [4.69, 9.17) is 0 Å². The van der Waals surface area contributed by atoms with Gasteiger partial charge in [0, 0.05) is 17.8 Å². The van der Waals surface area contributed by atoms with Crippen LogP contribution in [0.1, 0.15) is 32.4 Å². The Morgan fingerprint density at radius 3 is 3.00 bits per heavy atom. The number of nitrogens with zero attached hydrogens (tertiary/aromatic N) is 1. The first-order valence-corrected chi connectivity index (χ1v) is 8.65. The van der Waals surface area contributed by atoms with Gasteiger partial charge in [0.05, 0.1) is 12.1 Å². The number of piperidine rings is 1. The first kappa shape index (κ1) is 16.9. The van der Waals surface area contributed by atoms with E-state index < -0.39 is 0 Å². The summed E-state index contributed by atoms with van der Waals surface area (Å²) >= 11 is 1.35. The number of carbonyl (C=O) groups excluding carboxylic acids is 2. The van der Waals surface area contributed by atoms with E-state index in [0.717, 1.165) is 19.5 Å². The fourth-order valence-electron chi connectivity index (χ4n) is 2.28. The predicted molar refractivity (Wildman–Crippen MR) is 87.9 cm³/mol. The van der Waals surface area contributed by atoms with E-state index in [2.05, 4.69) is 20.9 Å². The van der Waals surface area contributed by atoms with Gasteiger partial charge in [0.15, 0.2) is 5.13 Å². The maximum absolute atomic E-state index is 11.9. The monoisotopic (exact) mass is 324 g/mol. The van der Waals surface area contributed by atoms with E-state index >= 15 is 0 Å². The molecule has 2 heterocycles. The average Bonchev–Trinajstić information content (AvgIpc) is 2.93. The molecule has 2 rings (SSSR count). The van der Waals surface area contributed by atoms with Crippen LogP contribution in [0.25, 0.3) is 0 Å². The number of aromatic nitrogens is 1. The number of hydrogen-bond acceptors (Lipinski definition) is 5. The molecule has 22 heavy (non-hydrogen) atoms. The molecule has 7 heteroatoms. The van der Waals surface area contributed by atoms with Crippen LogP contribution >= 0.6 is 11.3 Å². The van der Waals surface area contributed by atoms with Crippen molar-refractivity contribution in [3.05, 3.63) is 11.1 Å². The second kappa shape index (κ2) is 8.24. The zero-order chi connectivity index (χ0) is 15.9. The molecule has 0 bridgehead atoms. The lowest BCUT2D eigenvalue weighted by atomic mass is 10.00. The lowest BCUT2D eigenvalue weighted by molar-refractivity contribution is -0.120. The molecule has 6 nitrogen and oxygen atoms in total. The van der Waals surface area contributed by atoms with Gasteiger partial charge in [-0.15, -0.1) is 11.3 Å². The fourth-order valence-corrected chi connectivity index (χ4v) is 2.99. The molecule has 0 saturated carbocycles. The standard InChI is InChI=1S/C15H24N4O2S/c1-10(2)14(21)19-15-18-12(9-22-15)6-13(20)17-8-11-4-3-5-16-7-11/h9-11,16H,3-8H2,1-2H3,(H,17,20)(H,18,19,21). The molecular weight excluding hydrogens is 300 g/mol. The molecule has 1 aliphatic heterocycles. The van der Waals surface area contributed by atoms with Crippen molar-refractivity contribution in [3.63, 3.8) is 0 Å². The summed E-state index contributed by atoms with van der Waals surface area (Å²) in [7, 11) is 0. The Hall–Kier alpha value is -1.47. The van der Waals surface area contributed by atoms with Crippen LogP contribution in [0.2, 0.25) is 0 Å². The SMILES string of the molecule is CC(C)C(=O)Nc1nc(CC(=O)NCC2CCCNC2)cs1. The van der Waals surface area contributed by atoms with E-state index in [9.17, 15) is 9.59 Å². The van der Waals surface area contributed by atoms with Crippen LogP contribution < -0.4 is 16.0 Å². The van der Waals surface area contributed by atoms with Gasteiger partial charge >= 0.3 is 0 Å². The molecule has 0 spiro atoms. The summed E-state index contributed by atoms with van der Waals surface area (Å²) < 4.78 is 0. The number of carbonyl (C=O) groups is 2. The summed E-state index contributed by atoms with van der Waals surface area (Å²) in [6.45, 7) is 6.43. The zero-order valence-corrected chi connectivity index (χ0v) is 14.0. The van der Waals surface area contributed by atoms with Crippen molar-refractivity contribution in [2.45, 2.75) is 33.1 Å². The Kier molecular flexibility index (Phi) is 6.33. The van der Waals surface area contributed by atoms with E-state index in [1.54, 1.807) is 0 Å². The van der Waals surface area contributed by atoms with Gasteiger partial charge in [0.2, 0.25) is 11.8 Å². The van der Waals surface area contributed by atoms with Crippen molar-refractivity contribution in [1.29, 1.82) is 0 Å². The van der Waals surface area contributed by atoms with Crippen molar-refractivity contribution in [3.8, 4) is 0 Å². The summed E-state index contributed by atoms with van der Waals surface area (Å²) in [6, 6.07) is 0. The van der Waals surface area contributed by atoms with Gasteiger partial charge in [0.25, 0.3) is 0 Å². The predicted octanol–water partition coefficient (Wildman–Crippen LogP) is 1.40. The Balaban J connectivity index is 1.74. The van der Waals surface area contributed by atoms with Crippen molar-refractivity contribution in [2.24, 2.45) is 11.8 Å². The molecule has 1 saturated heterocycles. The molecule has 0 aliphatic carbocycles. The summed E-state index contributed by atoms with van der Waals surface area (Å²) in [6.07, 6.45) is 2.59. The minimum atomic E-state index is -0.0836. The highest BCUT2D eigenvalue weighted by molar-refractivity contribution is 7.13. The molecule has 1 fully saturated rings. The Morgan fingerprint density at radius 2 is 2.32 bits per heavy atom. The molecule has 3 N–H and O–H groups in total. The topological polar surface area (TPSA) is 83.1 Å². The van der Waals surface area contributed by atoms with Gasteiger partial charge < -0.3 is 16.0 Å². The van der Waals surface area contributed by atoms with Gasteiger partial charge in [-0.3, -0.25) is 9.59 Å². The Morgan fingerprint density at radius 1 is 1.50 bits per heavy atom. The van der Waals surface area contributed by atoms with Crippen molar-refractivity contribution >= 4 is 28.3 Å². The first-order chi connectivity index (χ1) is 10.5. The number of anilines is 1. The van der Waals surface area contributed by atoms with E-state index in [1.807, 2.05) is 19.2 Å². The second-order valence-corrected chi connectivity index (χ2v) is 6.84. The highest BCUT2D eigenvalue weighted by Crippen LogP contribution is 2.16. The van der Waals surface area contributed by atoms with Crippen molar-refractivity contribution in [2.75, 3.05) is 25.0 Å². The number of nitrogens with one attached hydrogen (secondary N) is 3. The number of rotatable bonds is 6. The van der Waals surface area contributed by atoms with Crippen LogP contribution in [0.5, 0.6) is 0 Å². The van der Waals surface area contributed by atoms with Gasteiger partial charge in [-0.25, -0.2) is 4.98 Å². The quantitative estimate of drug-likeness (QED) is 0.738. The summed E-state index contributed by atoms with van der Waals surface area (Å²) in [5.41, 5.74) is 0.698. The third kappa shape index (κ3) is 5.38. The molecule has 2 amide bonds. The molecular formula is C15H24N4O2S. The molecule has 0 aromatic carbocycles. The van der Waals surface area contributed by atoms with Crippen LogP contribution in [-0.2, 0) is 16.0 Å². The lowest BCUT2D eigenvalue weighted by Crippen LogP contribution is -2.38. The van der Waals surface area contributed by atoms with Gasteiger partial charge in [0.1, 0.15) is 0 Å². The van der Waals surface area contributed by atoms with Crippen LogP contribution in [0.4, 0.5) is 5.13 Å². The maximum atomic E-state index is 11.9. The van der Waals surface area contributed by atoms with Crippen LogP contribution in [0.15, 0.2) is 5.38 Å². The normalized spacial score (nSPS) is 18.2. The van der Waals surface area contributed by atoms with Gasteiger partial charge in [-0.1, -0.05) is 13.8 Å². The molecule has 1 aliphatic rings. The Bertz CT molecular complexity index is 509. The van der Waals surface area contributed by atoms with Gasteiger partial charge in [-0.05, 0) is 31.8 Å². The van der Waals surface area contributed by atoms with E-state index in [1.165, 1.54) is 17.8 Å². The minimum Gasteiger partial charge on any atom is -0.355 e. The summed E-state index contributed by atoms with van der Waals surface area (Å²) in [5, 5.41) is 11.4. The maximum Gasteiger partial charge on any atom is 0.228 e. The summed E-state index contributed by atoms with van der Waals surface area (Å²) in [4.78, 5) is 27.8. The lowest BCUT2D eigenvalue weighted by Gasteiger charge is -2.22. The highest BCUT2D eigenvalue weighted by Gasteiger charge is 2.15. The molecule has 122 valence electrons. The van der Waals surface area contributed by atoms with Gasteiger partial charge in [-0.2, -0.15) is 0 Å². The molecule has 1 aromatic heterocycles. The van der Waals surface area contributed by atoms with E-state index in [-0.39, 0.29) is 24.2 Å².